The fraction of sp³-hybridized carbons (Fsp3) is 0.474. The van der Waals surface area contributed by atoms with Crippen molar-refractivity contribution < 1.29 is 14.4 Å². The second-order valence-electron chi connectivity index (χ2n) is 7.32. The first kappa shape index (κ1) is 16.0. The van der Waals surface area contributed by atoms with E-state index in [-0.39, 0.29) is 6.04 Å². The normalized spacial score (nSPS) is 31.9. The van der Waals surface area contributed by atoms with E-state index in [9.17, 15) is 14.4 Å². The Morgan fingerprint density at radius 1 is 1.12 bits per heavy atom. The Morgan fingerprint density at radius 3 is 2.52 bits per heavy atom. The van der Waals surface area contributed by atoms with Crippen LogP contribution in [0.15, 0.2) is 29.3 Å². The molecule has 0 aromatic heterocycles. The summed E-state index contributed by atoms with van der Waals surface area (Å²) in [6.45, 7) is 1.93. The molecule has 6 heteroatoms. The smallest absolute Gasteiger partial charge is 0.293 e. The molecule has 3 aliphatic rings. The van der Waals surface area contributed by atoms with Crippen molar-refractivity contribution in [2.24, 2.45) is 22.7 Å². The van der Waals surface area contributed by atoms with Crippen LogP contribution in [0.2, 0.25) is 0 Å². The van der Waals surface area contributed by atoms with Gasteiger partial charge in [-0.15, -0.1) is 0 Å². The molecule has 6 nitrogen and oxygen atoms in total. The molecule has 1 heterocycles. The number of carbonyl (C=O) groups is 3. The molecule has 130 valence electrons. The Bertz CT molecular complexity index is 756. The van der Waals surface area contributed by atoms with Gasteiger partial charge in [-0.3, -0.25) is 19.9 Å². The van der Waals surface area contributed by atoms with Crippen molar-refractivity contribution >= 4 is 29.7 Å². The molecule has 4 atom stereocenters. The number of amides is 4. The molecule has 1 saturated heterocycles. The monoisotopic (exact) mass is 339 g/mol. The predicted octanol–water partition coefficient (Wildman–Crippen LogP) is 2.45. The van der Waals surface area contributed by atoms with Crippen LogP contribution in [-0.2, 0) is 9.59 Å². The largest absolute Gasteiger partial charge is 0.335 e. The lowest BCUT2D eigenvalue weighted by Gasteiger charge is -2.29. The van der Waals surface area contributed by atoms with Crippen LogP contribution in [0, 0.1) is 24.7 Å². The highest BCUT2D eigenvalue weighted by Gasteiger charge is 2.42. The molecular weight excluding hydrogens is 318 g/mol. The molecule has 0 spiro atoms. The van der Waals surface area contributed by atoms with E-state index < -0.39 is 23.8 Å². The highest BCUT2D eigenvalue weighted by Crippen LogP contribution is 2.45. The van der Waals surface area contributed by atoms with Gasteiger partial charge in [0, 0.05) is 6.21 Å². The third kappa shape index (κ3) is 2.86. The van der Waals surface area contributed by atoms with Gasteiger partial charge in [-0.25, -0.2) is 9.69 Å². The molecule has 2 aliphatic carbocycles. The average molecular weight is 339 g/mol. The number of nitrogens with zero attached hydrogens (tertiary/aromatic N) is 2. The molecule has 2 bridgehead atoms. The lowest BCUT2D eigenvalue weighted by Crippen LogP contribution is -2.58. The summed E-state index contributed by atoms with van der Waals surface area (Å²) in [6, 6.07) is 6.56. The summed E-state index contributed by atoms with van der Waals surface area (Å²) < 4.78 is 0. The summed E-state index contributed by atoms with van der Waals surface area (Å²) in [7, 11) is 0. The van der Waals surface area contributed by atoms with Crippen molar-refractivity contribution in [1.82, 2.24) is 5.32 Å². The number of imide groups is 2. The Morgan fingerprint density at radius 2 is 1.88 bits per heavy atom. The average Bonchev–Trinajstić information content (AvgIpc) is 3.19. The maximum atomic E-state index is 12.7. The lowest BCUT2D eigenvalue weighted by molar-refractivity contribution is -0.131. The second-order valence-corrected chi connectivity index (χ2v) is 7.32. The first-order valence-electron chi connectivity index (χ1n) is 8.81. The summed E-state index contributed by atoms with van der Waals surface area (Å²) in [5, 5.41) is 2.27. The quantitative estimate of drug-likeness (QED) is 0.678. The Labute approximate surface area is 146 Å². The lowest BCUT2D eigenvalue weighted by atomic mass is 9.95. The highest BCUT2D eigenvalue weighted by atomic mass is 16.2. The van der Waals surface area contributed by atoms with Gasteiger partial charge >= 0.3 is 6.03 Å². The Kier molecular flexibility index (Phi) is 3.90. The minimum Gasteiger partial charge on any atom is -0.293 e. The number of hydrogen-bond donors (Lipinski definition) is 1. The number of aliphatic imine (C=N–C) groups is 1. The number of urea groups is 1. The van der Waals surface area contributed by atoms with Crippen LogP contribution in [0.3, 0.4) is 0 Å². The zero-order valence-corrected chi connectivity index (χ0v) is 14.1. The van der Waals surface area contributed by atoms with E-state index >= 15 is 0 Å². The molecule has 3 fully saturated rings. The first-order valence-corrected chi connectivity index (χ1v) is 8.81. The maximum absolute atomic E-state index is 12.7. The fourth-order valence-electron chi connectivity index (χ4n) is 4.25. The van der Waals surface area contributed by atoms with E-state index in [4.69, 9.17) is 0 Å². The molecule has 1 aromatic rings. The number of aryl methyl sites for hydroxylation is 1. The van der Waals surface area contributed by atoms with Crippen LogP contribution in [-0.4, -0.2) is 30.1 Å². The third-order valence-electron chi connectivity index (χ3n) is 5.62. The van der Waals surface area contributed by atoms with Gasteiger partial charge in [-0.2, -0.15) is 0 Å². The minimum atomic E-state index is -1.04. The van der Waals surface area contributed by atoms with Crippen LogP contribution < -0.4 is 10.2 Å². The topological polar surface area (TPSA) is 78.8 Å². The molecule has 1 aromatic carbocycles. The van der Waals surface area contributed by atoms with E-state index in [1.807, 2.05) is 19.1 Å². The molecule has 2 saturated carbocycles. The molecule has 1 N–H and O–H groups in total. The first-order chi connectivity index (χ1) is 12.0. The van der Waals surface area contributed by atoms with E-state index in [2.05, 4.69) is 10.3 Å². The summed E-state index contributed by atoms with van der Waals surface area (Å²) in [5.41, 5.74) is 1.48. The molecule has 4 rings (SSSR count). The van der Waals surface area contributed by atoms with Gasteiger partial charge in [0.1, 0.15) is 0 Å². The van der Waals surface area contributed by atoms with Gasteiger partial charge in [0.25, 0.3) is 5.91 Å². The number of anilines is 1. The summed E-state index contributed by atoms with van der Waals surface area (Å²) in [5.74, 6) is -0.848. The maximum Gasteiger partial charge on any atom is 0.335 e. The summed E-state index contributed by atoms with van der Waals surface area (Å²) in [6.07, 6.45) is 6.17. The van der Waals surface area contributed by atoms with Gasteiger partial charge in [0.05, 0.1) is 11.7 Å². The minimum absolute atomic E-state index is 0.213. The highest BCUT2D eigenvalue weighted by molar-refractivity contribution is 6.32. The van der Waals surface area contributed by atoms with E-state index in [0.29, 0.717) is 11.6 Å². The number of rotatable bonds is 3. The van der Waals surface area contributed by atoms with Crippen LogP contribution >= 0.6 is 0 Å². The van der Waals surface area contributed by atoms with Crippen molar-refractivity contribution in [3.8, 4) is 0 Å². The standard InChI is InChI=1S/C19H21N3O3/c1-11-2-6-14(7-3-11)22-18(24)15(17(23)21-19(22)25)10-20-16-9-12-4-5-13(16)8-12/h2-3,6-7,10,12-13,15-16H,4-5,8-9H2,1H3,(H,21,23,25)/t12-,13-,15-,16+/m0/s1. The Balaban J connectivity index is 1.55. The van der Waals surface area contributed by atoms with E-state index in [1.54, 1.807) is 12.1 Å². The zero-order valence-electron chi connectivity index (χ0n) is 14.1. The van der Waals surface area contributed by atoms with E-state index in [1.165, 1.54) is 25.5 Å². The number of nitrogens with one attached hydrogen (secondary N) is 1. The zero-order chi connectivity index (χ0) is 17.6. The van der Waals surface area contributed by atoms with Crippen LogP contribution in [0.5, 0.6) is 0 Å². The van der Waals surface area contributed by atoms with Crippen molar-refractivity contribution in [3.63, 3.8) is 0 Å². The molecule has 1 aliphatic heterocycles. The number of benzene rings is 1. The van der Waals surface area contributed by atoms with Crippen molar-refractivity contribution in [2.75, 3.05) is 4.90 Å². The third-order valence-corrected chi connectivity index (χ3v) is 5.62. The van der Waals surface area contributed by atoms with Crippen LogP contribution in [0.4, 0.5) is 10.5 Å². The van der Waals surface area contributed by atoms with Gasteiger partial charge in [0.15, 0.2) is 5.92 Å². The van der Waals surface area contributed by atoms with Gasteiger partial charge in [0.2, 0.25) is 5.91 Å². The van der Waals surface area contributed by atoms with E-state index in [0.717, 1.165) is 22.8 Å². The molecular formula is C19H21N3O3. The molecule has 0 radical (unpaired) electrons. The molecule has 25 heavy (non-hydrogen) atoms. The van der Waals surface area contributed by atoms with Crippen LogP contribution in [0.1, 0.15) is 31.2 Å². The SMILES string of the molecule is Cc1ccc(N2C(=O)NC(=O)[C@H](C=N[C@@H]3C[C@H]4CC[C@H]3C4)C2=O)cc1. The van der Waals surface area contributed by atoms with Crippen molar-refractivity contribution in [3.05, 3.63) is 29.8 Å². The number of hydrogen-bond acceptors (Lipinski definition) is 4. The van der Waals surface area contributed by atoms with Crippen LogP contribution in [0.25, 0.3) is 0 Å². The van der Waals surface area contributed by atoms with Crippen molar-refractivity contribution in [2.45, 2.75) is 38.6 Å². The van der Waals surface area contributed by atoms with Crippen molar-refractivity contribution in [1.29, 1.82) is 0 Å². The Hall–Kier alpha value is -2.50. The number of barbiturate groups is 1. The number of carbonyl (C=O) groups excluding carboxylic acids is 3. The molecule has 4 amide bonds. The molecule has 0 unspecified atom stereocenters. The summed E-state index contributed by atoms with van der Waals surface area (Å²) in [4.78, 5) is 42.6. The summed E-state index contributed by atoms with van der Waals surface area (Å²) >= 11 is 0. The van der Waals surface area contributed by atoms with Gasteiger partial charge in [-0.05, 0) is 50.2 Å². The van der Waals surface area contributed by atoms with Gasteiger partial charge in [-0.1, -0.05) is 24.1 Å². The predicted molar refractivity (Wildman–Crippen MR) is 93.4 cm³/mol. The van der Waals surface area contributed by atoms with Gasteiger partial charge < -0.3 is 0 Å². The number of fused-ring (bicyclic) bond motifs is 2. The second kappa shape index (κ2) is 6.10. The fourth-order valence-corrected chi connectivity index (χ4v) is 4.25.